The van der Waals surface area contributed by atoms with Crippen molar-refractivity contribution in [2.24, 2.45) is 0 Å². The van der Waals surface area contributed by atoms with Crippen LogP contribution in [0.4, 0.5) is 23.1 Å². The molecule has 0 amide bonds. The Morgan fingerprint density at radius 3 is 2.40 bits per heavy atom. The zero-order valence-corrected chi connectivity index (χ0v) is 27.0. The Morgan fingerprint density at radius 1 is 1.00 bits per heavy atom. The zero-order valence-electron chi connectivity index (χ0n) is 26.2. The largest absolute Gasteiger partial charge is 0.489 e. The maximum atomic E-state index is 13.1. The second kappa shape index (κ2) is 12.5. The number of aromatic amines is 2. The molecule has 43 heavy (non-hydrogen) atoms. The highest BCUT2D eigenvalue weighted by atomic mass is 32.2. The van der Waals surface area contributed by atoms with Crippen LogP contribution in [0.5, 0.6) is 5.75 Å². The molecule has 1 aliphatic rings. The minimum atomic E-state index is -3.53. The summed E-state index contributed by atoms with van der Waals surface area (Å²) in [5.41, 5.74) is 4.94. The molecular formula is C32H44N7O3S+. The van der Waals surface area contributed by atoms with Gasteiger partial charge in [0.05, 0.1) is 27.6 Å². The number of hydrogen-bond donors (Lipinski definition) is 3. The van der Waals surface area contributed by atoms with Gasteiger partial charge >= 0.3 is 11.6 Å². The lowest BCUT2D eigenvalue weighted by molar-refractivity contribution is -0.347. The zero-order chi connectivity index (χ0) is 30.9. The third-order valence-electron chi connectivity index (χ3n) is 8.08. The van der Waals surface area contributed by atoms with Crippen molar-refractivity contribution in [2.75, 3.05) is 23.7 Å². The topological polar surface area (TPSA) is 126 Å². The average Bonchev–Trinajstić information content (AvgIpc) is 3.43. The predicted octanol–water partition coefficient (Wildman–Crippen LogP) is 6.12. The van der Waals surface area contributed by atoms with Crippen LogP contribution in [0, 0.1) is 6.92 Å². The second-order valence-electron chi connectivity index (χ2n) is 12.2. The molecule has 1 saturated heterocycles. The molecule has 2 aromatic heterocycles. The molecule has 3 heterocycles. The minimum absolute atomic E-state index is 0.0167. The molecule has 0 saturated carbocycles. The lowest BCUT2D eigenvalue weighted by Gasteiger charge is -2.35. The molecule has 0 spiro atoms. The number of H-pyrrole nitrogens is 2. The van der Waals surface area contributed by atoms with Gasteiger partial charge in [0.2, 0.25) is 5.52 Å². The first-order valence-corrected chi connectivity index (χ1v) is 16.7. The fourth-order valence-electron chi connectivity index (χ4n) is 5.66. The molecule has 1 aliphatic heterocycles. The number of fused-ring (bicyclic) bond motifs is 1. The quantitative estimate of drug-likeness (QED) is 0.197. The van der Waals surface area contributed by atoms with Crippen LogP contribution in [0.1, 0.15) is 71.4 Å². The summed E-state index contributed by atoms with van der Waals surface area (Å²) in [5, 5.41) is 6.08. The number of ether oxygens (including phenoxy) is 1. The van der Waals surface area contributed by atoms with E-state index < -0.39 is 15.1 Å². The molecule has 0 radical (unpaired) electrons. The lowest BCUT2D eigenvalue weighted by Crippen LogP contribution is -2.37. The number of para-hydroxylation sites is 1. The van der Waals surface area contributed by atoms with Crippen LogP contribution in [0.2, 0.25) is 0 Å². The molecule has 0 aliphatic carbocycles. The van der Waals surface area contributed by atoms with Crippen molar-refractivity contribution in [3.05, 3.63) is 53.9 Å². The van der Waals surface area contributed by atoms with E-state index >= 15 is 0 Å². The fourth-order valence-corrected chi connectivity index (χ4v) is 6.87. The highest BCUT2D eigenvalue weighted by Gasteiger charge is 2.27. The Bertz CT molecular complexity index is 1690. The van der Waals surface area contributed by atoms with Crippen LogP contribution < -0.4 is 20.4 Å². The molecule has 230 valence electrons. The van der Waals surface area contributed by atoms with E-state index in [0.29, 0.717) is 40.6 Å². The number of likely N-dealkylation sites (tertiary alicyclic amines) is 1. The van der Waals surface area contributed by atoms with Gasteiger partial charge in [0.15, 0.2) is 22.0 Å². The van der Waals surface area contributed by atoms with Gasteiger partial charge in [-0.3, -0.25) is 4.98 Å². The number of aryl methyl sites for hydroxylation is 1. The first kappa shape index (κ1) is 30.7. The summed E-state index contributed by atoms with van der Waals surface area (Å²) >= 11 is 0. The normalized spacial score (nSPS) is 15.1. The Hall–Kier alpha value is -3.70. The van der Waals surface area contributed by atoms with E-state index in [4.69, 9.17) is 14.7 Å². The van der Waals surface area contributed by atoms with Gasteiger partial charge in [0.1, 0.15) is 5.75 Å². The molecule has 2 aromatic carbocycles. The van der Waals surface area contributed by atoms with Crippen LogP contribution in [0.15, 0.2) is 47.6 Å². The summed E-state index contributed by atoms with van der Waals surface area (Å²) in [5.74, 6) is 2.03. The number of anilines is 4. The summed E-state index contributed by atoms with van der Waals surface area (Å²) < 4.78 is 32.5. The van der Waals surface area contributed by atoms with Crippen molar-refractivity contribution >= 4 is 44.1 Å². The summed E-state index contributed by atoms with van der Waals surface area (Å²) in [6, 6.07) is 11.7. The van der Waals surface area contributed by atoms with Gasteiger partial charge in [-0.25, -0.2) is 13.4 Å². The number of aromatic nitrogens is 4. The molecular weight excluding hydrogens is 562 g/mol. The SMILES string of the molecule is Cc1cc(Nc2nc(Nc3ccccc3S(=O)(=O)C(C)C)c3[nH]c[nH+]c3n2)c(OC(C)C)cc1C1CCN(C(C)C)CC1. The van der Waals surface area contributed by atoms with Crippen molar-refractivity contribution in [1.82, 2.24) is 19.9 Å². The van der Waals surface area contributed by atoms with Crippen molar-refractivity contribution in [3.63, 3.8) is 0 Å². The summed E-state index contributed by atoms with van der Waals surface area (Å²) in [7, 11) is -3.53. The number of benzene rings is 2. The Labute approximate surface area is 254 Å². The third kappa shape index (κ3) is 6.62. The summed E-state index contributed by atoms with van der Waals surface area (Å²) in [4.78, 5) is 18.5. The van der Waals surface area contributed by atoms with E-state index in [9.17, 15) is 8.42 Å². The van der Waals surface area contributed by atoms with E-state index in [1.165, 1.54) is 11.1 Å². The number of imidazole rings is 1. The molecule has 0 atom stereocenters. The monoisotopic (exact) mass is 606 g/mol. The highest BCUT2D eigenvalue weighted by molar-refractivity contribution is 7.92. The first-order chi connectivity index (χ1) is 20.4. The lowest BCUT2D eigenvalue weighted by atomic mass is 9.86. The van der Waals surface area contributed by atoms with Gasteiger partial charge in [-0.1, -0.05) is 17.1 Å². The molecule has 11 heteroatoms. The Morgan fingerprint density at radius 2 is 1.72 bits per heavy atom. The maximum Gasteiger partial charge on any atom is 0.307 e. The van der Waals surface area contributed by atoms with Gasteiger partial charge < -0.3 is 20.3 Å². The molecule has 0 unspecified atom stereocenters. The number of nitrogens with one attached hydrogen (secondary N) is 4. The number of rotatable bonds is 10. The van der Waals surface area contributed by atoms with E-state index in [1.807, 2.05) is 13.8 Å². The summed E-state index contributed by atoms with van der Waals surface area (Å²) in [6.07, 6.45) is 3.90. The Balaban J connectivity index is 1.49. The first-order valence-electron chi connectivity index (χ1n) is 15.1. The van der Waals surface area contributed by atoms with Crippen LogP contribution >= 0.6 is 0 Å². The van der Waals surface area contributed by atoms with Crippen LogP contribution in [-0.4, -0.2) is 58.8 Å². The van der Waals surface area contributed by atoms with Crippen molar-refractivity contribution in [3.8, 4) is 5.75 Å². The van der Waals surface area contributed by atoms with E-state index in [2.05, 4.69) is 58.4 Å². The van der Waals surface area contributed by atoms with Gasteiger partial charge in [0.25, 0.3) is 0 Å². The average molecular weight is 607 g/mol. The van der Waals surface area contributed by atoms with Gasteiger partial charge in [-0.15, -0.1) is 0 Å². The van der Waals surface area contributed by atoms with Crippen molar-refractivity contribution in [2.45, 2.75) is 89.5 Å². The molecule has 5 rings (SSSR count). The second-order valence-corrected chi connectivity index (χ2v) is 14.6. The van der Waals surface area contributed by atoms with Gasteiger partial charge in [-0.2, -0.15) is 4.98 Å². The number of nitrogens with zero attached hydrogens (tertiary/aromatic N) is 3. The standard InChI is InChI=1S/C32H43N7O3S/c1-19(2)39-14-12-23(13-15-39)24-17-27(42-20(3)4)26(16-22(24)7)36-32-37-30-29(33-18-34-30)31(38-32)35-25-10-8-9-11-28(25)43(40,41)21(5)6/h8-11,16-21,23H,12-15H2,1-7H3,(H3,33,34,35,36,37,38)/p+1. The third-order valence-corrected chi connectivity index (χ3v) is 10.3. The van der Waals surface area contributed by atoms with Crippen LogP contribution in [0.25, 0.3) is 11.2 Å². The number of hydrogen-bond acceptors (Lipinski definition) is 8. The minimum Gasteiger partial charge on any atom is -0.489 e. The molecule has 0 bridgehead atoms. The van der Waals surface area contributed by atoms with E-state index in [0.717, 1.165) is 37.4 Å². The van der Waals surface area contributed by atoms with Crippen LogP contribution in [0.3, 0.4) is 0 Å². The maximum absolute atomic E-state index is 13.1. The molecule has 1 fully saturated rings. The summed E-state index contributed by atoms with van der Waals surface area (Å²) in [6.45, 7) is 16.3. The van der Waals surface area contributed by atoms with Gasteiger partial charge in [-0.05, 0) is 116 Å². The number of piperidine rings is 1. The highest BCUT2D eigenvalue weighted by Crippen LogP contribution is 2.38. The van der Waals surface area contributed by atoms with Crippen LogP contribution in [-0.2, 0) is 9.84 Å². The van der Waals surface area contributed by atoms with Crippen molar-refractivity contribution < 1.29 is 18.1 Å². The number of sulfone groups is 1. The van der Waals surface area contributed by atoms with Gasteiger partial charge in [0, 0.05) is 6.04 Å². The van der Waals surface area contributed by atoms with E-state index in [-0.39, 0.29) is 11.0 Å². The van der Waals surface area contributed by atoms with Crippen molar-refractivity contribution in [1.29, 1.82) is 0 Å². The molecule has 4 aromatic rings. The molecule has 4 N–H and O–H groups in total. The molecule has 10 nitrogen and oxygen atoms in total. The fraction of sp³-hybridized carbons (Fsp3) is 0.469. The smallest absolute Gasteiger partial charge is 0.307 e. The predicted molar refractivity (Wildman–Crippen MR) is 171 cm³/mol. The Kier molecular flexibility index (Phi) is 8.94. The van der Waals surface area contributed by atoms with E-state index in [1.54, 1.807) is 44.4 Å².